The summed E-state index contributed by atoms with van der Waals surface area (Å²) in [5, 5.41) is 3.56. The van der Waals surface area contributed by atoms with Gasteiger partial charge in [-0.25, -0.2) is 0 Å². The summed E-state index contributed by atoms with van der Waals surface area (Å²) >= 11 is 2.01. The molecule has 0 fully saturated rings. The quantitative estimate of drug-likeness (QED) is 0.686. The molecule has 0 spiro atoms. The molecule has 3 heteroatoms. The van der Waals surface area contributed by atoms with Crippen LogP contribution in [-0.4, -0.2) is 24.7 Å². The van der Waals surface area contributed by atoms with Crippen molar-refractivity contribution in [2.45, 2.75) is 33.2 Å². The molecule has 0 aliphatic heterocycles. The molecule has 0 aliphatic carbocycles. The third-order valence-corrected chi connectivity index (χ3v) is 3.80. The zero-order valence-electron chi connectivity index (χ0n) is 11.7. The van der Waals surface area contributed by atoms with E-state index >= 15 is 0 Å². The van der Waals surface area contributed by atoms with Gasteiger partial charge in [-0.1, -0.05) is 19.1 Å². The lowest BCUT2D eigenvalue weighted by Crippen LogP contribution is -2.20. The van der Waals surface area contributed by atoms with E-state index in [4.69, 9.17) is 4.74 Å². The lowest BCUT2D eigenvalue weighted by atomic mass is 10.1. The molecule has 0 saturated heterocycles. The van der Waals surface area contributed by atoms with Gasteiger partial charge in [0.1, 0.15) is 5.75 Å². The fraction of sp³-hybridized carbons (Fsp3) is 0.600. The Morgan fingerprint density at radius 3 is 2.56 bits per heavy atom. The Morgan fingerprint density at radius 2 is 1.94 bits per heavy atom. The first-order valence-corrected chi connectivity index (χ1v) is 7.97. The van der Waals surface area contributed by atoms with E-state index in [1.807, 2.05) is 30.8 Å². The smallest absolute Gasteiger partial charge is 0.119 e. The molecule has 18 heavy (non-hydrogen) atoms. The van der Waals surface area contributed by atoms with Gasteiger partial charge in [0.15, 0.2) is 0 Å². The first kappa shape index (κ1) is 15.4. The average Bonchev–Trinajstić information content (AvgIpc) is 2.39. The molecule has 1 unspecified atom stereocenters. The summed E-state index contributed by atoms with van der Waals surface area (Å²) in [7, 11) is 0. The molecule has 0 saturated carbocycles. The SMILES string of the molecule is CCOc1ccc(C(C)NCCCSCC)cc1. The van der Waals surface area contributed by atoms with Gasteiger partial charge < -0.3 is 10.1 Å². The van der Waals surface area contributed by atoms with Crippen molar-refractivity contribution >= 4 is 11.8 Å². The third-order valence-electron chi connectivity index (χ3n) is 2.81. The highest BCUT2D eigenvalue weighted by Gasteiger charge is 2.04. The van der Waals surface area contributed by atoms with Gasteiger partial charge in [-0.3, -0.25) is 0 Å². The Hall–Kier alpha value is -0.670. The Kier molecular flexibility index (Phi) is 7.94. The van der Waals surface area contributed by atoms with Crippen molar-refractivity contribution in [3.63, 3.8) is 0 Å². The van der Waals surface area contributed by atoms with Crippen LogP contribution >= 0.6 is 11.8 Å². The lowest BCUT2D eigenvalue weighted by Gasteiger charge is -2.14. The van der Waals surface area contributed by atoms with Crippen molar-refractivity contribution in [1.82, 2.24) is 5.32 Å². The second-order valence-electron chi connectivity index (χ2n) is 4.23. The maximum absolute atomic E-state index is 5.44. The van der Waals surface area contributed by atoms with Gasteiger partial charge in [0.2, 0.25) is 0 Å². The molecular formula is C15H25NOS. The van der Waals surface area contributed by atoms with Gasteiger partial charge in [0.25, 0.3) is 0 Å². The molecular weight excluding hydrogens is 242 g/mol. The van der Waals surface area contributed by atoms with Gasteiger partial charge >= 0.3 is 0 Å². The molecule has 1 N–H and O–H groups in total. The van der Waals surface area contributed by atoms with E-state index in [2.05, 4.69) is 31.3 Å². The zero-order chi connectivity index (χ0) is 13.2. The molecule has 0 bridgehead atoms. The lowest BCUT2D eigenvalue weighted by molar-refractivity contribution is 0.340. The molecule has 0 amide bonds. The summed E-state index contributed by atoms with van der Waals surface area (Å²) in [5.41, 5.74) is 1.32. The van der Waals surface area contributed by atoms with E-state index in [1.54, 1.807) is 0 Å². The Bertz CT molecular complexity index is 313. The van der Waals surface area contributed by atoms with Crippen molar-refractivity contribution < 1.29 is 4.74 Å². The average molecular weight is 267 g/mol. The summed E-state index contributed by atoms with van der Waals surface area (Å²) in [6, 6.07) is 8.79. The Morgan fingerprint density at radius 1 is 1.22 bits per heavy atom. The molecule has 0 heterocycles. The monoisotopic (exact) mass is 267 g/mol. The van der Waals surface area contributed by atoms with Crippen LogP contribution in [0.5, 0.6) is 5.75 Å². The van der Waals surface area contributed by atoms with Crippen LogP contribution in [-0.2, 0) is 0 Å². The van der Waals surface area contributed by atoms with E-state index in [1.165, 1.54) is 23.5 Å². The number of thioether (sulfide) groups is 1. The van der Waals surface area contributed by atoms with Crippen LogP contribution in [0, 0.1) is 0 Å². The molecule has 2 nitrogen and oxygen atoms in total. The molecule has 0 radical (unpaired) electrons. The van der Waals surface area contributed by atoms with Crippen molar-refractivity contribution in [3.05, 3.63) is 29.8 Å². The molecule has 1 atom stereocenters. The minimum absolute atomic E-state index is 0.410. The number of benzene rings is 1. The highest BCUT2D eigenvalue weighted by Crippen LogP contribution is 2.17. The predicted octanol–water partition coefficient (Wildman–Crippen LogP) is 3.88. The van der Waals surface area contributed by atoms with E-state index in [9.17, 15) is 0 Å². The normalized spacial score (nSPS) is 12.4. The predicted molar refractivity (Wildman–Crippen MR) is 81.6 cm³/mol. The highest BCUT2D eigenvalue weighted by molar-refractivity contribution is 7.99. The van der Waals surface area contributed by atoms with Gasteiger partial charge in [0.05, 0.1) is 6.61 Å². The van der Waals surface area contributed by atoms with Gasteiger partial charge in [-0.2, -0.15) is 11.8 Å². The van der Waals surface area contributed by atoms with Crippen molar-refractivity contribution in [1.29, 1.82) is 0 Å². The second kappa shape index (κ2) is 9.29. The first-order chi connectivity index (χ1) is 8.77. The molecule has 102 valence electrons. The first-order valence-electron chi connectivity index (χ1n) is 6.81. The van der Waals surface area contributed by atoms with Crippen LogP contribution in [0.2, 0.25) is 0 Å². The van der Waals surface area contributed by atoms with Crippen molar-refractivity contribution in [3.8, 4) is 5.75 Å². The largest absolute Gasteiger partial charge is 0.494 e. The number of ether oxygens (including phenoxy) is 1. The number of nitrogens with one attached hydrogen (secondary N) is 1. The fourth-order valence-corrected chi connectivity index (χ4v) is 2.41. The summed E-state index contributed by atoms with van der Waals surface area (Å²) in [4.78, 5) is 0. The summed E-state index contributed by atoms with van der Waals surface area (Å²) < 4.78 is 5.44. The molecule has 1 aromatic carbocycles. The molecule has 0 aromatic heterocycles. The van der Waals surface area contributed by atoms with E-state index in [0.717, 1.165) is 18.9 Å². The minimum atomic E-state index is 0.410. The van der Waals surface area contributed by atoms with Crippen molar-refractivity contribution in [2.24, 2.45) is 0 Å². The Labute approximate surface area is 116 Å². The second-order valence-corrected chi connectivity index (χ2v) is 5.62. The minimum Gasteiger partial charge on any atom is -0.494 e. The topological polar surface area (TPSA) is 21.3 Å². The van der Waals surface area contributed by atoms with Crippen LogP contribution in [0.4, 0.5) is 0 Å². The molecule has 1 rings (SSSR count). The standard InChI is InChI=1S/C15H25NOS/c1-4-17-15-9-7-14(8-10-15)13(3)16-11-6-12-18-5-2/h7-10,13,16H,4-6,11-12H2,1-3H3. The molecule has 0 aliphatic rings. The number of hydrogen-bond acceptors (Lipinski definition) is 3. The zero-order valence-corrected chi connectivity index (χ0v) is 12.6. The fourth-order valence-electron chi connectivity index (χ4n) is 1.77. The third kappa shape index (κ3) is 5.78. The summed E-state index contributed by atoms with van der Waals surface area (Å²) in [6.07, 6.45) is 1.24. The van der Waals surface area contributed by atoms with Gasteiger partial charge in [-0.15, -0.1) is 0 Å². The van der Waals surface area contributed by atoms with E-state index in [0.29, 0.717) is 6.04 Å². The molecule has 1 aromatic rings. The van der Waals surface area contributed by atoms with Crippen LogP contribution < -0.4 is 10.1 Å². The Balaban J connectivity index is 2.30. The highest BCUT2D eigenvalue weighted by atomic mass is 32.2. The van der Waals surface area contributed by atoms with E-state index in [-0.39, 0.29) is 0 Å². The number of hydrogen-bond donors (Lipinski definition) is 1. The summed E-state index contributed by atoms with van der Waals surface area (Å²) in [6.45, 7) is 8.24. The van der Waals surface area contributed by atoms with Gasteiger partial charge in [-0.05, 0) is 56.0 Å². The van der Waals surface area contributed by atoms with Crippen LogP contribution in [0.25, 0.3) is 0 Å². The van der Waals surface area contributed by atoms with E-state index < -0.39 is 0 Å². The maximum atomic E-state index is 5.44. The maximum Gasteiger partial charge on any atom is 0.119 e. The van der Waals surface area contributed by atoms with Crippen LogP contribution in [0.1, 0.15) is 38.8 Å². The van der Waals surface area contributed by atoms with Crippen molar-refractivity contribution in [2.75, 3.05) is 24.7 Å². The summed E-state index contributed by atoms with van der Waals surface area (Å²) in [5.74, 6) is 3.42. The van der Waals surface area contributed by atoms with Crippen LogP contribution in [0.3, 0.4) is 0 Å². The van der Waals surface area contributed by atoms with Gasteiger partial charge in [0, 0.05) is 6.04 Å². The van der Waals surface area contributed by atoms with Crippen LogP contribution in [0.15, 0.2) is 24.3 Å². The number of rotatable bonds is 9.